The minimum atomic E-state index is -1.76. The number of para-hydroxylation sites is 1. The van der Waals surface area contributed by atoms with Crippen molar-refractivity contribution in [1.82, 2.24) is 51.9 Å². The summed E-state index contributed by atoms with van der Waals surface area (Å²) in [5.74, 6) is -6.42. The lowest BCUT2D eigenvalue weighted by Gasteiger charge is -2.28. The molecule has 6 rings (SSSR count). The van der Waals surface area contributed by atoms with Gasteiger partial charge in [0.2, 0.25) is 35.4 Å². The lowest BCUT2D eigenvalue weighted by Crippen LogP contribution is -2.63. The number of carbonyl (C=O) groups excluding carboxylic acids is 7. The molecule has 0 fully saturated rings. The highest BCUT2D eigenvalue weighted by Crippen LogP contribution is 2.20. The molecule has 7 atom stereocenters. The lowest BCUT2D eigenvalue weighted by atomic mass is 9.99. The summed E-state index contributed by atoms with van der Waals surface area (Å²) in [6.45, 7) is 3.60. The Morgan fingerprint density at radius 2 is 1.26 bits per heavy atom. The first-order valence-corrected chi connectivity index (χ1v) is 22.6. The predicted octanol–water partition coefficient (Wildman–Crippen LogP) is -1.08. The van der Waals surface area contributed by atoms with Crippen molar-refractivity contribution in [2.45, 2.75) is 108 Å². The number of nitrogens with one attached hydrogen (secondary N) is 7. The maximum absolute atomic E-state index is 14.5. The smallest absolute Gasteiger partial charge is 0.258 e. The number of aromatic amines is 1. The van der Waals surface area contributed by atoms with Crippen molar-refractivity contribution in [3.8, 4) is 11.5 Å². The van der Waals surface area contributed by atoms with Gasteiger partial charge in [0.05, 0.1) is 11.7 Å². The molecule has 69 heavy (non-hydrogen) atoms. The normalized spacial score (nSPS) is 23.2. The second-order valence-electron chi connectivity index (χ2n) is 17.4. The number of aromatic hydroxyl groups is 2. The third-order valence-electron chi connectivity index (χ3n) is 11.7. The number of primary amides is 1. The van der Waals surface area contributed by atoms with Crippen LogP contribution in [-0.2, 0) is 65.8 Å². The molecule has 1 aliphatic heterocycles. The SMILES string of the molecule is CC(C)[C@H]1NC(=O)[C@@H](Cc2ccc(O)cc2)NC(=O)[C@@H](Cc2c[nH]c3ccccc23)NC(=O)[C@@H](N)Cc2cn(nn2)CCCC[C@@H](C(N)=O)NC(=O)[C@@H](Cc2ccc(O)cc2)NC(=O)[C@@H](N)NC1=O. The van der Waals surface area contributed by atoms with Crippen LogP contribution in [-0.4, -0.2) is 114 Å². The standard InChI is InChI=1S/C47H59N13O9/c1-25(2)39-46(68)57-40(49)47(69)55-36(19-26-10-14-30(61)15-11-26)43(65)52-35(41(50)63)9-5-6-18-60-24-29(58-59-60)22-33(48)42(64)53-38(21-28-23-51-34-8-4-3-7-32(28)34)44(66)54-37(45(67)56-39)20-27-12-16-31(62)17-13-27/h3-4,7-8,10-17,23-25,33,35-40,51,61-62H,5-6,9,18-22,48-49H2,1-2H3,(H2,50,63)(H,52,65)(H,53,64)(H,54,66)(H,55,69)(H,56,67)(H,57,68)/t33-,35-,36+,37+,38+,39+,40-/m0/s1. The molecule has 1 aliphatic rings. The van der Waals surface area contributed by atoms with Crippen molar-refractivity contribution in [2.24, 2.45) is 23.1 Å². The van der Waals surface area contributed by atoms with E-state index in [1.54, 1.807) is 38.4 Å². The van der Waals surface area contributed by atoms with Gasteiger partial charge in [0, 0.05) is 55.5 Å². The second-order valence-corrected chi connectivity index (χ2v) is 17.4. The molecule has 15 N–H and O–H groups in total. The van der Waals surface area contributed by atoms with Gasteiger partial charge in [-0.05, 0) is 72.2 Å². The largest absolute Gasteiger partial charge is 0.508 e. The number of carbonyl (C=O) groups is 7. The van der Waals surface area contributed by atoms with Crippen molar-refractivity contribution in [2.75, 3.05) is 0 Å². The lowest BCUT2D eigenvalue weighted by molar-refractivity contribution is -0.136. The number of rotatable bonds is 8. The van der Waals surface area contributed by atoms with Gasteiger partial charge < -0.3 is 64.3 Å². The van der Waals surface area contributed by atoms with E-state index in [-0.39, 0.29) is 43.6 Å². The number of benzene rings is 3. The number of phenolic OH excluding ortho intramolecular Hbond substituents is 2. The van der Waals surface area contributed by atoms with Crippen LogP contribution in [0, 0.1) is 5.92 Å². The Labute approximate surface area is 396 Å². The quantitative estimate of drug-likeness (QED) is 0.0882. The fourth-order valence-corrected chi connectivity index (χ4v) is 7.83. The van der Waals surface area contributed by atoms with Crippen LogP contribution < -0.4 is 49.1 Å². The number of phenols is 2. The summed E-state index contributed by atoms with van der Waals surface area (Å²) >= 11 is 0. The summed E-state index contributed by atoms with van der Waals surface area (Å²) in [5.41, 5.74) is 21.2. The monoisotopic (exact) mass is 949 g/mol. The first-order chi connectivity index (χ1) is 32.9. The third kappa shape index (κ3) is 14.1. The van der Waals surface area contributed by atoms with E-state index in [0.717, 1.165) is 10.9 Å². The zero-order chi connectivity index (χ0) is 49.8. The van der Waals surface area contributed by atoms with Crippen LogP contribution in [0.1, 0.15) is 55.5 Å². The van der Waals surface area contributed by atoms with E-state index in [1.165, 1.54) is 41.1 Å². The zero-order valence-electron chi connectivity index (χ0n) is 38.2. The van der Waals surface area contributed by atoms with Crippen molar-refractivity contribution >= 4 is 52.3 Å². The molecule has 0 radical (unpaired) electrons. The molecule has 3 heterocycles. The van der Waals surface area contributed by atoms with Crippen LogP contribution in [0.15, 0.2) is 85.2 Å². The molecule has 22 nitrogen and oxygen atoms in total. The van der Waals surface area contributed by atoms with Gasteiger partial charge >= 0.3 is 0 Å². The topological polar surface area (TPSA) is 357 Å². The minimum Gasteiger partial charge on any atom is -0.508 e. The molecular weight excluding hydrogens is 891 g/mol. The van der Waals surface area contributed by atoms with Gasteiger partial charge in [0.1, 0.15) is 41.7 Å². The van der Waals surface area contributed by atoms with Crippen molar-refractivity contribution in [1.29, 1.82) is 0 Å². The molecule has 0 saturated heterocycles. The molecule has 5 aromatic rings. The number of nitrogens with two attached hydrogens (primary N) is 3. The van der Waals surface area contributed by atoms with Gasteiger partial charge in [-0.1, -0.05) is 61.5 Å². The molecule has 0 aliphatic carbocycles. The predicted molar refractivity (Wildman–Crippen MR) is 251 cm³/mol. The van der Waals surface area contributed by atoms with Gasteiger partial charge in [0.25, 0.3) is 5.91 Å². The Morgan fingerprint density at radius 3 is 1.88 bits per heavy atom. The highest BCUT2D eigenvalue weighted by molar-refractivity contribution is 5.97. The highest BCUT2D eigenvalue weighted by Gasteiger charge is 2.34. The van der Waals surface area contributed by atoms with Crippen LogP contribution in [0.5, 0.6) is 11.5 Å². The summed E-state index contributed by atoms with van der Waals surface area (Å²) in [6.07, 6.45) is 2.21. The van der Waals surface area contributed by atoms with E-state index in [4.69, 9.17) is 17.2 Å². The maximum Gasteiger partial charge on any atom is 0.258 e. The number of hydrogen-bond acceptors (Lipinski definition) is 13. The van der Waals surface area contributed by atoms with E-state index in [2.05, 4.69) is 47.2 Å². The number of amides is 7. The molecule has 0 unspecified atom stereocenters. The molecule has 2 aromatic heterocycles. The van der Waals surface area contributed by atoms with Gasteiger partial charge in [-0.15, -0.1) is 5.10 Å². The summed E-state index contributed by atoms with van der Waals surface area (Å²) in [6, 6.07) is 11.5. The Bertz CT molecular complexity index is 2610. The Hall–Kier alpha value is -7.85. The van der Waals surface area contributed by atoms with Gasteiger partial charge in [-0.3, -0.25) is 38.2 Å². The fourth-order valence-electron chi connectivity index (χ4n) is 7.83. The van der Waals surface area contributed by atoms with Crippen LogP contribution in [0.25, 0.3) is 10.9 Å². The van der Waals surface area contributed by atoms with E-state index in [9.17, 15) is 43.8 Å². The molecule has 366 valence electrons. The number of H-pyrrole nitrogens is 1. The van der Waals surface area contributed by atoms with Gasteiger partial charge in [-0.2, -0.15) is 0 Å². The molecule has 0 saturated carbocycles. The van der Waals surface area contributed by atoms with Crippen LogP contribution in [0.2, 0.25) is 0 Å². The Morgan fingerprint density at radius 1 is 0.696 bits per heavy atom. The first kappa shape index (κ1) is 50.6. The second kappa shape index (κ2) is 23.2. The van der Waals surface area contributed by atoms with Crippen LogP contribution in [0.3, 0.4) is 0 Å². The van der Waals surface area contributed by atoms with E-state index < -0.39 is 89.7 Å². The van der Waals surface area contributed by atoms with Crippen molar-refractivity contribution in [3.05, 3.63) is 108 Å². The van der Waals surface area contributed by atoms with Crippen LogP contribution in [0.4, 0.5) is 0 Å². The zero-order valence-corrected chi connectivity index (χ0v) is 38.2. The number of aryl methyl sites for hydroxylation is 1. The summed E-state index contributed by atoms with van der Waals surface area (Å²) in [7, 11) is 0. The Kier molecular flexibility index (Phi) is 17.0. The first-order valence-electron chi connectivity index (χ1n) is 22.6. The molecule has 0 spiro atoms. The third-order valence-corrected chi connectivity index (χ3v) is 11.7. The minimum absolute atomic E-state index is 0.0253. The summed E-state index contributed by atoms with van der Waals surface area (Å²) in [4.78, 5) is 99.8. The molecule has 2 bridgehead atoms. The van der Waals surface area contributed by atoms with E-state index in [0.29, 0.717) is 41.8 Å². The number of aromatic nitrogens is 4. The molecule has 3 aromatic carbocycles. The molecule has 22 heteroatoms. The van der Waals surface area contributed by atoms with Crippen molar-refractivity contribution in [3.63, 3.8) is 0 Å². The number of nitrogens with zero attached hydrogens (tertiary/aromatic N) is 3. The summed E-state index contributed by atoms with van der Waals surface area (Å²) in [5, 5.41) is 44.7. The number of hydrogen-bond donors (Lipinski definition) is 12. The van der Waals surface area contributed by atoms with E-state index >= 15 is 0 Å². The maximum atomic E-state index is 14.5. The molecule has 7 amide bonds. The van der Waals surface area contributed by atoms with Crippen LogP contribution >= 0.6 is 0 Å². The van der Waals surface area contributed by atoms with Gasteiger partial charge in [-0.25, -0.2) is 0 Å². The van der Waals surface area contributed by atoms with E-state index in [1.807, 2.05) is 24.3 Å². The average molecular weight is 950 g/mol. The van der Waals surface area contributed by atoms with Gasteiger partial charge in [0.15, 0.2) is 6.17 Å². The number of fused-ring (bicyclic) bond motifs is 3. The van der Waals surface area contributed by atoms with Crippen molar-refractivity contribution < 1.29 is 43.8 Å². The molecular formula is C47H59N13O9. The summed E-state index contributed by atoms with van der Waals surface area (Å²) < 4.78 is 1.53. The average Bonchev–Trinajstić information content (AvgIpc) is 3.95. The highest BCUT2D eigenvalue weighted by atomic mass is 16.3. The fraction of sp³-hybridized carbons (Fsp3) is 0.383. The Balaban J connectivity index is 1.31.